The van der Waals surface area contributed by atoms with E-state index in [1.165, 1.54) is 0 Å². The largest absolute Gasteiger partial charge is 0.249 e. The maximum atomic E-state index is 11.4. The van der Waals surface area contributed by atoms with Crippen molar-refractivity contribution < 1.29 is 4.21 Å². The molecule has 0 fully saturated rings. The van der Waals surface area contributed by atoms with E-state index in [-0.39, 0.29) is 0 Å². The van der Waals surface area contributed by atoms with Gasteiger partial charge in [0.2, 0.25) is 0 Å². The van der Waals surface area contributed by atoms with Gasteiger partial charge in [0.25, 0.3) is 0 Å². The highest BCUT2D eigenvalue weighted by atomic mass is 127. The minimum Gasteiger partial charge on any atom is -0.249 e. The average Bonchev–Trinajstić information content (AvgIpc) is 1.83. The summed E-state index contributed by atoms with van der Waals surface area (Å²) in [6.45, 7) is 1.82. The molecule has 0 spiro atoms. The van der Waals surface area contributed by atoms with Gasteiger partial charge in [-0.1, -0.05) is 0 Å². The first-order valence-electron chi connectivity index (χ1n) is 3.16. The highest BCUT2D eigenvalue weighted by Crippen LogP contribution is 2.28. The molecule has 1 N–H and O–H groups in total. The topological polar surface area (TPSA) is 40.9 Å². The molecule has 0 radical (unpaired) electrons. The van der Waals surface area contributed by atoms with Crippen molar-refractivity contribution in [2.45, 2.75) is 19.8 Å². The molecule has 58 valence electrons. The predicted octanol–water partition coefficient (Wildman–Crippen LogP) is 2.49. The third-order valence-electron chi connectivity index (χ3n) is 1.70. The number of nitrogens with one attached hydrogen (secondary N) is 1. The fraction of sp³-hybridized carbons (Fsp3) is 0.667. The van der Waals surface area contributed by atoms with Crippen LogP contribution >= 0.6 is 22.6 Å². The molecule has 1 atom stereocenters. The Morgan fingerprint density at radius 2 is 2.30 bits per heavy atom. The molecule has 2 nitrogen and oxygen atoms in total. The molecule has 0 saturated carbocycles. The summed E-state index contributed by atoms with van der Waals surface area (Å²) in [7, 11) is -2.34. The lowest BCUT2D eigenvalue weighted by Gasteiger charge is -2.15. The Morgan fingerprint density at radius 1 is 1.70 bits per heavy atom. The molecule has 0 aromatic heterocycles. The van der Waals surface area contributed by atoms with Gasteiger partial charge in [-0.2, -0.15) is 0 Å². The Kier molecular flexibility index (Phi) is 2.39. The van der Waals surface area contributed by atoms with Crippen LogP contribution in [0, 0.1) is 4.78 Å². The number of hydrogen-bond acceptors (Lipinski definition) is 2. The van der Waals surface area contributed by atoms with Gasteiger partial charge in [0.15, 0.2) is 0 Å². The summed E-state index contributed by atoms with van der Waals surface area (Å²) in [5.74, 6) is 0.561. The maximum absolute atomic E-state index is 11.4. The third-order valence-corrected chi connectivity index (χ3v) is 5.52. The highest BCUT2D eigenvalue weighted by Gasteiger charge is 2.17. The normalized spacial score (nSPS) is 34.6. The van der Waals surface area contributed by atoms with E-state index in [4.69, 9.17) is 4.78 Å². The summed E-state index contributed by atoms with van der Waals surface area (Å²) >= 11 is 2.19. The molecule has 4 heteroatoms. The zero-order chi connectivity index (χ0) is 7.78. The van der Waals surface area contributed by atoms with E-state index < -0.39 is 9.73 Å². The molecule has 0 aromatic rings. The van der Waals surface area contributed by atoms with Crippen LogP contribution in [0.2, 0.25) is 0 Å². The van der Waals surface area contributed by atoms with Crippen molar-refractivity contribution in [1.82, 2.24) is 0 Å². The van der Waals surface area contributed by atoms with E-state index in [9.17, 15) is 4.21 Å². The minimum atomic E-state index is -2.34. The first-order chi connectivity index (χ1) is 4.54. The molecular formula is C6H10INOS. The molecule has 1 rings (SSSR count). The summed E-state index contributed by atoms with van der Waals surface area (Å²) < 4.78 is 19.9. The van der Waals surface area contributed by atoms with Crippen LogP contribution < -0.4 is 0 Å². The van der Waals surface area contributed by atoms with Gasteiger partial charge >= 0.3 is 0 Å². The van der Waals surface area contributed by atoms with Crippen molar-refractivity contribution >= 4 is 32.3 Å². The van der Waals surface area contributed by atoms with E-state index in [1.54, 1.807) is 0 Å². The van der Waals surface area contributed by atoms with Crippen molar-refractivity contribution in [2.24, 2.45) is 0 Å². The first kappa shape index (κ1) is 8.52. The molecule has 0 saturated heterocycles. The van der Waals surface area contributed by atoms with E-state index in [0.29, 0.717) is 5.75 Å². The van der Waals surface area contributed by atoms with Crippen molar-refractivity contribution in [2.75, 3.05) is 5.75 Å². The molecule has 1 aliphatic rings. The van der Waals surface area contributed by atoms with Crippen LogP contribution in [0.25, 0.3) is 0 Å². The Bertz CT molecular complexity index is 265. The SMILES string of the molecule is CC1=C(I)CCCS1(=N)=O. The molecule has 10 heavy (non-hydrogen) atoms. The van der Waals surface area contributed by atoms with E-state index >= 15 is 0 Å². The van der Waals surface area contributed by atoms with Gasteiger partial charge in [-0.05, 0) is 42.4 Å². The van der Waals surface area contributed by atoms with Crippen LogP contribution in [0.15, 0.2) is 8.48 Å². The molecule has 0 aliphatic carbocycles. The van der Waals surface area contributed by atoms with Crippen LogP contribution in [0.5, 0.6) is 0 Å². The van der Waals surface area contributed by atoms with Gasteiger partial charge < -0.3 is 0 Å². The van der Waals surface area contributed by atoms with Gasteiger partial charge in [0, 0.05) is 14.2 Å². The van der Waals surface area contributed by atoms with E-state index in [1.807, 2.05) is 6.92 Å². The zero-order valence-corrected chi connectivity index (χ0v) is 8.79. The molecule has 0 aromatic carbocycles. The average molecular weight is 271 g/mol. The van der Waals surface area contributed by atoms with Crippen LogP contribution in [0.4, 0.5) is 0 Å². The second kappa shape index (κ2) is 2.81. The first-order valence-corrected chi connectivity index (χ1v) is 5.96. The molecule has 0 bridgehead atoms. The number of hydrogen-bond donors (Lipinski definition) is 1. The van der Waals surface area contributed by atoms with Crippen LogP contribution in [-0.2, 0) is 9.73 Å². The summed E-state index contributed by atoms with van der Waals surface area (Å²) in [5, 5.41) is 0. The van der Waals surface area contributed by atoms with Gasteiger partial charge in [0.05, 0.1) is 9.73 Å². The summed E-state index contributed by atoms with van der Waals surface area (Å²) in [6, 6.07) is 0. The standard InChI is InChI=1S/C6H10INOS/c1-5-6(7)3-2-4-10(5,8)9/h8H,2-4H2,1H3. The van der Waals surface area contributed by atoms with E-state index in [0.717, 1.165) is 21.3 Å². The van der Waals surface area contributed by atoms with Crippen molar-refractivity contribution in [3.8, 4) is 0 Å². The minimum absolute atomic E-state index is 0.561. The lowest BCUT2D eigenvalue weighted by Crippen LogP contribution is -2.11. The van der Waals surface area contributed by atoms with Crippen molar-refractivity contribution in [3.05, 3.63) is 8.48 Å². The van der Waals surface area contributed by atoms with Crippen molar-refractivity contribution in [1.29, 1.82) is 4.78 Å². The third kappa shape index (κ3) is 1.53. The lowest BCUT2D eigenvalue weighted by molar-refractivity contribution is 0.673. The monoisotopic (exact) mass is 271 g/mol. The number of rotatable bonds is 0. The van der Waals surface area contributed by atoms with Gasteiger partial charge in [-0.3, -0.25) is 0 Å². The Labute approximate surface area is 75.2 Å². The zero-order valence-electron chi connectivity index (χ0n) is 5.82. The molecule has 1 aliphatic heterocycles. The molecule has 1 unspecified atom stereocenters. The maximum Gasteiger partial charge on any atom is 0.0691 e. The van der Waals surface area contributed by atoms with E-state index in [2.05, 4.69) is 22.6 Å². The van der Waals surface area contributed by atoms with Gasteiger partial charge in [-0.15, -0.1) is 0 Å². The highest BCUT2D eigenvalue weighted by molar-refractivity contribution is 14.1. The Balaban J connectivity index is 3.14. The molecular weight excluding hydrogens is 261 g/mol. The molecule has 1 heterocycles. The summed E-state index contributed by atoms with van der Waals surface area (Å²) in [4.78, 5) is 0.805. The smallest absolute Gasteiger partial charge is 0.0691 e. The van der Waals surface area contributed by atoms with Crippen molar-refractivity contribution in [3.63, 3.8) is 0 Å². The Morgan fingerprint density at radius 3 is 2.70 bits per heavy atom. The van der Waals surface area contributed by atoms with Crippen LogP contribution in [0.3, 0.4) is 0 Å². The van der Waals surface area contributed by atoms with Crippen LogP contribution in [-0.4, -0.2) is 9.96 Å². The number of allylic oxidation sites excluding steroid dienone is 2. The quantitative estimate of drug-likeness (QED) is 0.676. The second-order valence-corrected chi connectivity index (χ2v) is 6.12. The predicted molar refractivity (Wildman–Crippen MR) is 51.7 cm³/mol. The lowest BCUT2D eigenvalue weighted by atomic mass is 10.3. The summed E-state index contributed by atoms with van der Waals surface area (Å²) in [6.07, 6.45) is 1.93. The number of halogens is 1. The van der Waals surface area contributed by atoms with Crippen LogP contribution in [0.1, 0.15) is 19.8 Å². The van der Waals surface area contributed by atoms with Gasteiger partial charge in [-0.25, -0.2) is 8.99 Å². The van der Waals surface area contributed by atoms with Gasteiger partial charge in [0.1, 0.15) is 0 Å². The summed E-state index contributed by atoms with van der Waals surface area (Å²) in [5.41, 5.74) is 0. The fourth-order valence-corrected chi connectivity index (χ4v) is 3.70. The molecule has 0 amide bonds. The fourth-order valence-electron chi connectivity index (χ4n) is 0.939. The second-order valence-electron chi connectivity index (χ2n) is 2.44. The Hall–Kier alpha value is 0.420.